The number of aliphatic hydroxyl groups is 1. The highest BCUT2D eigenvalue weighted by Crippen LogP contribution is 2.24. The lowest BCUT2D eigenvalue weighted by Gasteiger charge is -2.33. The molecule has 0 aliphatic carbocycles. The fraction of sp³-hybridized carbons (Fsp3) is 0.435. The van der Waals surface area contributed by atoms with Crippen molar-refractivity contribution in [2.75, 3.05) is 37.7 Å². The third-order valence-corrected chi connectivity index (χ3v) is 7.06. The minimum Gasteiger partial charge on any atom is -0.490 e. The molecule has 1 aliphatic rings. The number of para-hydroxylation sites is 1. The summed E-state index contributed by atoms with van der Waals surface area (Å²) in [6.07, 6.45) is -0.874. The number of aliphatic hydroxyl groups excluding tert-OH is 1. The average molecular weight is 447 g/mol. The Morgan fingerprint density at radius 3 is 2.29 bits per heavy atom. The van der Waals surface area contributed by atoms with E-state index in [9.17, 15) is 18.3 Å². The summed E-state index contributed by atoms with van der Waals surface area (Å²) in [5.74, 6) is 0.548. The summed E-state index contributed by atoms with van der Waals surface area (Å²) in [6, 6.07) is 14.5. The van der Waals surface area contributed by atoms with E-state index in [1.807, 2.05) is 67.3 Å². The zero-order valence-corrected chi connectivity index (χ0v) is 18.8. The van der Waals surface area contributed by atoms with Crippen LogP contribution < -0.4 is 10.1 Å². The molecule has 7 nitrogen and oxygen atoms in total. The van der Waals surface area contributed by atoms with Crippen LogP contribution in [0, 0.1) is 13.8 Å². The first-order valence-corrected chi connectivity index (χ1v) is 12.2. The second kappa shape index (κ2) is 10.3. The molecule has 1 aliphatic heterocycles. The van der Waals surface area contributed by atoms with Crippen LogP contribution in [-0.2, 0) is 14.6 Å². The quantitative estimate of drug-likeness (QED) is 0.640. The van der Waals surface area contributed by atoms with Gasteiger partial charge in [0.25, 0.3) is 0 Å². The lowest BCUT2D eigenvalue weighted by molar-refractivity contribution is -0.127. The molecule has 2 unspecified atom stereocenters. The monoisotopic (exact) mass is 446 g/mol. The molecule has 3 rings (SSSR count). The van der Waals surface area contributed by atoms with Crippen molar-refractivity contribution in [1.82, 2.24) is 10.2 Å². The lowest BCUT2D eigenvalue weighted by atomic mass is 10.0. The van der Waals surface area contributed by atoms with Crippen molar-refractivity contribution < 1.29 is 23.1 Å². The number of amides is 1. The number of ether oxygens (including phenoxy) is 1. The molecule has 2 atom stereocenters. The minimum atomic E-state index is -3.05. The van der Waals surface area contributed by atoms with Gasteiger partial charge in [-0.15, -0.1) is 0 Å². The summed E-state index contributed by atoms with van der Waals surface area (Å²) < 4.78 is 29.4. The predicted octanol–water partition coefficient (Wildman–Crippen LogP) is 1.63. The first-order chi connectivity index (χ1) is 14.8. The Bertz CT molecular complexity index is 960. The fourth-order valence-corrected chi connectivity index (χ4v) is 4.96. The first-order valence-electron chi connectivity index (χ1n) is 10.4. The molecule has 2 aromatic rings. The predicted molar refractivity (Wildman–Crippen MR) is 120 cm³/mol. The van der Waals surface area contributed by atoms with E-state index in [1.54, 1.807) is 0 Å². The third-order valence-electron chi connectivity index (χ3n) is 5.45. The maximum Gasteiger partial charge on any atom is 0.242 e. The van der Waals surface area contributed by atoms with E-state index in [-0.39, 0.29) is 30.6 Å². The van der Waals surface area contributed by atoms with E-state index in [2.05, 4.69) is 5.32 Å². The summed E-state index contributed by atoms with van der Waals surface area (Å²) in [7, 11) is -3.05. The Morgan fingerprint density at radius 2 is 1.68 bits per heavy atom. The molecule has 2 aromatic carbocycles. The Kier molecular flexibility index (Phi) is 7.69. The molecule has 1 saturated heterocycles. The largest absolute Gasteiger partial charge is 0.490 e. The van der Waals surface area contributed by atoms with E-state index in [0.29, 0.717) is 13.1 Å². The van der Waals surface area contributed by atoms with Gasteiger partial charge in [0, 0.05) is 19.6 Å². The zero-order valence-electron chi connectivity index (χ0n) is 18.0. The smallest absolute Gasteiger partial charge is 0.242 e. The van der Waals surface area contributed by atoms with Crippen molar-refractivity contribution in [2.45, 2.75) is 26.0 Å². The number of benzene rings is 2. The minimum absolute atomic E-state index is 0.0376. The van der Waals surface area contributed by atoms with Gasteiger partial charge >= 0.3 is 0 Å². The van der Waals surface area contributed by atoms with Gasteiger partial charge in [-0.3, -0.25) is 9.69 Å². The van der Waals surface area contributed by atoms with Gasteiger partial charge in [0.15, 0.2) is 9.84 Å². The van der Waals surface area contributed by atoms with Crippen LogP contribution in [0.2, 0.25) is 0 Å². The van der Waals surface area contributed by atoms with Crippen molar-refractivity contribution in [3.63, 3.8) is 0 Å². The van der Waals surface area contributed by atoms with Gasteiger partial charge in [0.2, 0.25) is 5.91 Å². The van der Waals surface area contributed by atoms with Crippen LogP contribution >= 0.6 is 0 Å². The second-order valence-corrected chi connectivity index (χ2v) is 10.2. The number of sulfone groups is 1. The van der Waals surface area contributed by atoms with Crippen molar-refractivity contribution >= 4 is 15.7 Å². The summed E-state index contributed by atoms with van der Waals surface area (Å²) in [5.41, 5.74) is 2.77. The summed E-state index contributed by atoms with van der Waals surface area (Å²) in [4.78, 5) is 14.9. The Morgan fingerprint density at radius 1 is 1.06 bits per heavy atom. The van der Waals surface area contributed by atoms with Gasteiger partial charge in [-0.25, -0.2) is 8.42 Å². The third kappa shape index (κ3) is 6.29. The van der Waals surface area contributed by atoms with Gasteiger partial charge < -0.3 is 15.2 Å². The molecule has 31 heavy (non-hydrogen) atoms. The lowest BCUT2D eigenvalue weighted by Crippen LogP contribution is -2.48. The summed E-state index contributed by atoms with van der Waals surface area (Å²) in [5, 5.41) is 13.1. The first kappa shape index (κ1) is 23.2. The Hall–Kier alpha value is -2.42. The van der Waals surface area contributed by atoms with Gasteiger partial charge in [-0.05, 0) is 30.5 Å². The van der Waals surface area contributed by atoms with Crippen LogP contribution in [0.1, 0.15) is 22.7 Å². The topological polar surface area (TPSA) is 95.9 Å². The molecule has 0 radical (unpaired) electrons. The van der Waals surface area contributed by atoms with Crippen LogP contribution in [0.5, 0.6) is 5.75 Å². The van der Waals surface area contributed by atoms with E-state index in [0.717, 1.165) is 22.4 Å². The van der Waals surface area contributed by atoms with Gasteiger partial charge in [0.05, 0.1) is 11.5 Å². The maximum atomic E-state index is 13.0. The molecule has 0 aromatic heterocycles. The number of nitrogens with one attached hydrogen (secondary N) is 1. The van der Waals surface area contributed by atoms with Crippen molar-refractivity contribution in [3.05, 3.63) is 65.2 Å². The highest BCUT2D eigenvalue weighted by atomic mass is 32.2. The Balaban J connectivity index is 1.61. The SMILES string of the molecule is Cc1cccc(C)c1OCC(O)CNC(=O)C(c1ccccc1)N1CCS(=O)(=O)CC1. The molecular formula is C23H30N2O5S. The number of nitrogens with zero attached hydrogens (tertiary/aromatic N) is 1. The molecule has 8 heteroatoms. The number of aryl methyl sites for hydroxylation is 2. The highest BCUT2D eigenvalue weighted by Gasteiger charge is 2.32. The molecule has 2 N–H and O–H groups in total. The normalized spacial score (nSPS) is 18.2. The number of hydrogen-bond acceptors (Lipinski definition) is 6. The van der Waals surface area contributed by atoms with Crippen LogP contribution in [0.25, 0.3) is 0 Å². The number of rotatable bonds is 8. The number of carbonyl (C=O) groups is 1. The molecule has 1 fully saturated rings. The second-order valence-electron chi connectivity index (χ2n) is 7.93. The van der Waals surface area contributed by atoms with E-state index in [1.165, 1.54) is 0 Å². The van der Waals surface area contributed by atoms with E-state index < -0.39 is 22.0 Å². The summed E-state index contributed by atoms with van der Waals surface area (Å²) in [6.45, 7) is 4.59. The maximum absolute atomic E-state index is 13.0. The van der Waals surface area contributed by atoms with E-state index >= 15 is 0 Å². The number of hydrogen-bond donors (Lipinski definition) is 2. The van der Waals surface area contributed by atoms with Crippen LogP contribution in [0.15, 0.2) is 48.5 Å². The molecular weight excluding hydrogens is 416 g/mol. The molecule has 168 valence electrons. The van der Waals surface area contributed by atoms with Gasteiger partial charge in [0.1, 0.15) is 24.5 Å². The fourth-order valence-electron chi connectivity index (χ4n) is 3.73. The van der Waals surface area contributed by atoms with Crippen molar-refractivity contribution in [1.29, 1.82) is 0 Å². The van der Waals surface area contributed by atoms with Gasteiger partial charge in [-0.2, -0.15) is 0 Å². The molecule has 1 amide bonds. The zero-order chi connectivity index (χ0) is 22.4. The van der Waals surface area contributed by atoms with E-state index in [4.69, 9.17) is 4.74 Å². The Labute approximate surface area is 184 Å². The highest BCUT2D eigenvalue weighted by molar-refractivity contribution is 7.91. The van der Waals surface area contributed by atoms with Crippen LogP contribution in [0.3, 0.4) is 0 Å². The molecule has 0 saturated carbocycles. The molecule has 0 bridgehead atoms. The molecule has 1 heterocycles. The van der Waals surface area contributed by atoms with Crippen molar-refractivity contribution in [2.24, 2.45) is 0 Å². The standard InChI is InChI=1S/C23H30N2O5S/c1-17-7-6-8-18(2)22(17)30-16-20(26)15-24-23(27)21(19-9-4-3-5-10-19)25-11-13-31(28,29)14-12-25/h3-10,20-21,26H,11-16H2,1-2H3,(H,24,27). The average Bonchev–Trinajstić information content (AvgIpc) is 2.74. The van der Waals surface area contributed by atoms with Crippen LogP contribution in [-0.4, -0.2) is 68.2 Å². The van der Waals surface area contributed by atoms with Crippen molar-refractivity contribution in [3.8, 4) is 5.75 Å². The molecule has 0 spiro atoms. The summed E-state index contributed by atoms with van der Waals surface area (Å²) >= 11 is 0. The van der Waals surface area contributed by atoms with Crippen LogP contribution in [0.4, 0.5) is 0 Å². The van der Waals surface area contributed by atoms with Gasteiger partial charge in [-0.1, -0.05) is 48.5 Å². The number of carbonyl (C=O) groups excluding carboxylic acids is 1.